The van der Waals surface area contributed by atoms with E-state index in [2.05, 4.69) is 0 Å². The van der Waals surface area contributed by atoms with Crippen LogP contribution in [0.5, 0.6) is 0 Å². The third-order valence-electron chi connectivity index (χ3n) is 2.77. The van der Waals surface area contributed by atoms with Gasteiger partial charge in [0.25, 0.3) is 0 Å². The number of halogens is 4. The first kappa shape index (κ1) is 13.3. The average molecular weight is 314 g/mol. The van der Waals surface area contributed by atoms with Gasteiger partial charge >= 0.3 is 0 Å². The summed E-state index contributed by atoms with van der Waals surface area (Å²) < 4.78 is 54.3. The summed E-state index contributed by atoms with van der Waals surface area (Å²) in [5, 5.41) is -0.0540. The quantitative estimate of drug-likeness (QED) is 0.532. The number of hydrogen-bond donors (Lipinski definition) is 0. The van der Waals surface area contributed by atoms with E-state index in [1.54, 1.807) is 30.3 Å². The summed E-state index contributed by atoms with van der Waals surface area (Å²) in [6.45, 7) is 0. The number of hydrogen-bond acceptors (Lipinski definition) is 2. The Hall–Kier alpha value is -1.66. The Bertz CT molecular complexity index is 759. The minimum atomic E-state index is -1.08. The third kappa shape index (κ3) is 2.05. The van der Waals surface area contributed by atoms with Gasteiger partial charge < -0.3 is 0 Å². The Kier molecular flexibility index (Phi) is 3.35. The van der Waals surface area contributed by atoms with Crippen LogP contribution in [0.3, 0.4) is 0 Å². The van der Waals surface area contributed by atoms with E-state index in [4.69, 9.17) is 0 Å². The molecule has 6 heteroatoms. The van der Waals surface area contributed by atoms with Crippen LogP contribution in [-0.2, 0) is 0 Å². The van der Waals surface area contributed by atoms with Crippen molar-refractivity contribution in [1.82, 2.24) is 0 Å². The standard InChI is InChI=1S/C14H6F4S2/c15-8-6-19-13(10(8)16)12-9(11(17)14(18)20-12)7-4-2-1-3-5-7/h1-6H. The van der Waals surface area contributed by atoms with Crippen LogP contribution in [0, 0.1) is 22.6 Å². The maximum atomic E-state index is 14.0. The minimum absolute atomic E-state index is 0.0335. The summed E-state index contributed by atoms with van der Waals surface area (Å²) in [7, 11) is 0. The van der Waals surface area contributed by atoms with Crippen LogP contribution in [-0.4, -0.2) is 0 Å². The van der Waals surface area contributed by atoms with Crippen LogP contribution >= 0.6 is 22.7 Å². The van der Waals surface area contributed by atoms with Crippen molar-refractivity contribution in [1.29, 1.82) is 0 Å². The summed E-state index contributed by atoms with van der Waals surface area (Å²) in [6, 6.07) is 8.25. The molecule has 0 aliphatic rings. The van der Waals surface area contributed by atoms with Crippen molar-refractivity contribution in [2.75, 3.05) is 0 Å². The molecule has 0 nitrogen and oxygen atoms in total. The van der Waals surface area contributed by atoms with Crippen molar-refractivity contribution in [3.63, 3.8) is 0 Å². The molecule has 102 valence electrons. The number of rotatable bonds is 2. The van der Waals surface area contributed by atoms with Gasteiger partial charge in [0.1, 0.15) is 0 Å². The summed E-state index contributed by atoms with van der Waals surface area (Å²) in [4.78, 5) is -0.0215. The van der Waals surface area contributed by atoms with E-state index in [1.165, 1.54) is 0 Å². The van der Waals surface area contributed by atoms with E-state index in [-0.39, 0.29) is 15.3 Å². The van der Waals surface area contributed by atoms with Crippen LogP contribution in [0.15, 0.2) is 35.7 Å². The lowest BCUT2D eigenvalue weighted by Crippen LogP contribution is -1.84. The van der Waals surface area contributed by atoms with Gasteiger partial charge in [-0.05, 0) is 5.56 Å². The molecule has 3 rings (SSSR count). The van der Waals surface area contributed by atoms with Gasteiger partial charge in [-0.3, -0.25) is 0 Å². The third-order valence-corrected chi connectivity index (χ3v) is 4.81. The average Bonchev–Trinajstić information content (AvgIpc) is 2.93. The zero-order valence-corrected chi connectivity index (χ0v) is 11.4. The summed E-state index contributed by atoms with van der Waals surface area (Å²) >= 11 is 1.27. The molecular formula is C14H6F4S2. The molecule has 0 aliphatic carbocycles. The highest BCUT2D eigenvalue weighted by Crippen LogP contribution is 2.44. The molecule has 20 heavy (non-hydrogen) atoms. The van der Waals surface area contributed by atoms with E-state index in [0.717, 1.165) is 16.7 Å². The molecule has 3 aromatic rings. The lowest BCUT2D eigenvalue weighted by atomic mass is 10.1. The number of benzene rings is 1. The molecule has 0 atom stereocenters. The second kappa shape index (κ2) is 5.03. The van der Waals surface area contributed by atoms with Crippen molar-refractivity contribution in [2.45, 2.75) is 0 Å². The molecular weight excluding hydrogens is 308 g/mol. The predicted molar refractivity (Wildman–Crippen MR) is 72.9 cm³/mol. The van der Waals surface area contributed by atoms with Gasteiger partial charge in [-0.25, -0.2) is 13.2 Å². The lowest BCUT2D eigenvalue weighted by Gasteiger charge is -2.02. The molecule has 1 aromatic carbocycles. The van der Waals surface area contributed by atoms with Gasteiger partial charge in [0.05, 0.1) is 9.75 Å². The van der Waals surface area contributed by atoms with Gasteiger partial charge in [-0.15, -0.1) is 22.7 Å². The monoisotopic (exact) mass is 314 g/mol. The maximum Gasteiger partial charge on any atom is 0.213 e. The normalized spacial score (nSPS) is 11.0. The Labute approximate surface area is 119 Å². The van der Waals surface area contributed by atoms with Crippen LogP contribution < -0.4 is 0 Å². The molecule has 0 bridgehead atoms. The second-order valence-corrected chi connectivity index (χ2v) is 5.84. The van der Waals surface area contributed by atoms with Crippen molar-refractivity contribution in [2.24, 2.45) is 0 Å². The maximum absolute atomic E-state index is 14.0. The van der Waals surface area contributed by atoms with E-state index < -0.39 is 22.6 Å². The van der Waals surface area contributed by atoms with Crippen LogP contribution in [0.2, 0.25) is 0 Å². The van der Waals surface area contributed by atoms with E-state index in [9.17, 15) is 17.6 Å². The molecule has 0 fully saturated rings. The molecule has 0 spiro atoms. The fraction of sp³-hybridized carbons (Fsp3) is 0. The highest BCUT2D eigenvalue weighted by Gasteiger charge is 2.25. The van der Waals surface area contributed by atoms with Gasteiger partial charge in [0.2, 0.25) is 5.13 Å². The minimum Gasteiger partial charge on any atom is -0.203 e. The zero-order chi connectivity index (χ0) is 14.3. The highest BCUT2D eigenvalue weighted by molar-refractivity contribution is 7.21. The van der Waals surface area contributed by atoms with Crippen molar-refractivity contribution in [3.8, 4) is 20.9 Å². The molecule has 0 saturated heterocycles. The summed E-state index contributed by atoms with van der Waals surface area (Å²) in [5.41, 5.74) is 0.391. The predicted octanol–water partition coefficient (Wildman–Crippen LogP) is 5.70. The zero-order valence-electron chi connectivity index (χ0n) is 9.79. The lowest BCUT2D eigenvalue weighted by molar-refractivity contribution is 0.518. The molecule has 0 saturated carbocycles. The van der Waals surface area contributed by atoms with Crippen LogP contribution in [0.25, 0.3) is 20.9 Å². The van der Waals surface area contributed by atoms with E-state index in [1.807, 2.05) is 0 Å². The smallest absolute Gasteiger partial charge is 0.203 e. The first-order valence-electron chi connectivity index (χ1n) is 5.55. The molecule has 2 aromatic heterocycles. The molecule has 0 unspecified atom stereocenters. The van der Waals surface area contributed by atoms with Crippen molar-refractivity contribution >= 4 is 22.7 Å². The Morgan fingerprint density at radius 2 is 1.50 bits per heavy atom. The van der Waals surface area contributed by atoms with E-state index in [0.29, 0.717) is 16.9 Å². The van der Waals surface area contributed by atoms with E-state index >= 15 is 0 Å². The summed E-state index contributed by atoms with van der Waals surface area (Å²) in [5.74, 6) is -3.13. The topological polar surface area (TPSA) is 0 Å². The fourth-order valence-corrected chi connectivity index (χ4v) is 3.75. The molecule has 0 amide bonds. The Balaban J connectivity index is 2.28. The fourth-order valence-electron chi connectivity index (χ4n) is 1.88. The molecule has 0 N–H and O–H groups in total. The largest absolute Gasteiger partial charge is 0.213 e. The SMILES string of the molecule is Fc1csc(-c2sc(F)c(F)c2-c2ccccc2)c1F. The van der Waals surface area contributed by atoms with Gasteiger partial charge in [-0.1, -0.05) is 30.3 Å². The molecule has 0 aliphatic heterocycles. The number of thiophene rings is 2. The van der Waals surface area contributed by atoms with Gasteiger partial charge in [0.15, 0.2) is 17.5 Å². The van der Waals surface area contributed by atoms with Crippen LogP contribution in [0.1, 0.15) is 0 Å². The Morgan fingerprint density at radius 3 is 2.10 bits per heavy atom. The second-order valence-electron chi connectivity index (χ2n) is 3.99. The molecule has 0 radical (unpaired) electrons. The van der Waals surface area contributed by atoms with Crippen molar-refractivity contribution in [3.05, 3.63) is 58.3 Å². The van der Waals surface area contributed by atoms with Crippen molar-refractivity contribution < 1.29 is 17.6 Å². The summed E-state index contributed by atoms with van der Waals surface area (Å²) in [6.07, 6.45) is 0. The van der Waals surface area contributed by atoms with Gasteiger partial charge in [0, 0.05) is 10.9 Å². The van der Waals surface area contributed by atoms with Gasteiger partial charge in [-0.2, -0.15) is 4.39 Å². The highest BCUT2D eigenvalue weighted by atomic mass is 32.1. The Morgan fingerprint density at radius 1 is 0.800 bits per heavy atom. The van der Waals surface area contributed by atoms with Crippen LogP contribution in [0.4, 0.5) is 17.6 Å². The molecule has 2 heterocycles. The first-order valence-corrected chi connectivity index (χ1v) is 7.25. The first-order chi connectivity index (χ1) is 9.59.